The lowest BCUT2D eigenvalue weighted by molar-refractivity contribution is 0.220. The highest BCUT2D eigenvalue weighted by Crippen LogP contribution is 2.32. The van der Waals surface area contributed by atoms with Crippen molar-refractivity contribution in [1.29, 1.82) is 0 Å². The van der Waals surface area contributed by atoms with E-state index in [1.165, 1.54) is 0 Å². The third-order valence-electron chi connectivity index (χ3n) is 6.33. The molecule has 2 aromatic heterocycles. The fourth-order valence-corrected chi connectivity index (χ4v) is 6.34. The van der Waals surface area contributed by atoms with Gasteiger partial charge in [0.2, 0.25) is 10.0 Å². The molecule has 28 heavy (non-hydrogen) atoms. The zero-order chi connectivity index (χ0) is 19.7. The van der Waals surface area contributed by atoms with E-state index in [-0.39, 0.29) is 5.92 Å². The van der Waals surface area contributed by atoms with Crippen molar-refractivity contribution in [1.82, 2.24) is 24.2 Å². The molecule has 4 rings (SSSR count). The number of likely N-dealkylation sites (N-methyl/N-ethyl adjacent to an activating group) is 1. The van der Waals surface area contributed by atoms with Gasteiger partial charge in [0.1, 0.15) is 17.8 Å². The van der Waals surface area contributed by atoms with Crippen LogP contribution in [0.25, 0.3) is 11.0 Å². The van der Waals surface area contributed by atoms with Gasteiger partial charge in [-0.25, -0.2) is 18.4 Å². The van der Waals surface area contributed by atoms with Crippen LogP contribution in [0.1, 0.15) is 25.7 Å². The molecule has 0 aromatic carbocycles. The highest BCUT2D eigenvalue weighted by molar-refractivity contribution is 7.89. The maximum atomic E-state index is 12.8. The number of nitrogens with zero attached hydrogens (tertiary/aromatic N) is 5. The molecule has 1 N–H and O–H groups in total. The average molecular weight is 407 g/mol. The van der Waals surface area contributed by atoms with Gasteiger partial charge in [-0.2, -0.15) is 4.31 Å². The Balaban J connectivity index is 1.35. The van der Waals surface area contributed by atoms with Crippen LogP contribution in [-0.4, -0.2) is 84.6 Å². The molecule has 154 valence electrons. The molecule has 2 aromatic rings. The van der Waals surface area contributed by atoms with Gasteiger partial charge in [0, 0.05) is 45.5 Å². The second-order valence-corrected chi connectivity index (χ2v) is 10.2. The molecule has 0 atom stereocenters. The predicted octanol–water partition coefficient (Wildman–Crippen LogP) is 1.53. The molecule has 2 aliphatic rings. The average Bonchev–Trinajstić information content (AvgIpc) is 3.17. The van der Waals surface area contributed by atoms with Crippen LogP contribution in [0.3, 0.4) is 0 Å². The number of H-pyrrole nitrogens is 1. The van der Waals surface area contributed by atoms with Crippen LogP contribution in [0.5, 0.6) is 0 Å². The second-order valence-electron chi connectivity index (χ2n) is 8.20. The van der Waals surface area contributed by atoms with Crippen molar-refractivity contribution in [2.75, 3.05) is 50.9 Å². The van der Waals surface area contributed by atoms with Crippen LogP contribution in [0.2, 0.25) is 0 Å². The lowest BCUT2D eigenvalue weighted by Crippen LogP contribution is -2.48. The van der Waals surface area contributed by atoms with Gasteiger partial charge in [-0.15, -0.1) is 0 Å². The first-order chi connectivity index (χ1) is 13.4. The molecule has 9 heteroatoms. The Morgan fingerprint density at radius 1 is 1.14 bits per heavy atom. The molecular weight excluding hydrogens is 376 g/mol. The first-order valence-electron chi connectivity index (χ1n) is 10.1. The van der Waals surface area contributed by atoms with E-state index in [2.05, 4.69) is 31.8 Å². The Labute approximate surface area is 167 Å². The molecule has 1 saturated carbocycles. The zero-order valence-electron chi connectivity index (χ0n) is 16.7. The van der Waals surface area contributed by atoms with Crippen molar-refractivity contribution < 1.29 is 8.42 Å². The van der Waals surface area contributed by atoms with Crippen LogP contribution < -0.4 is 4.90 Å². The van der Waals surface area contributed by atoms with Crippen LogP contribution in [-0.2, 0) is 10.0 Å². The van der Waals surface area contributed by atoms with Gasteiger partial charge < -0.3 is 14.8 Å². The minimum atomic E-state index is -3.15. The van der Waals surface area contributed by atoms with E-state index >= 15 is 0 Å². The van der Waals surface area contributed by atoms with Crippen molar-refractivity contribution in [2.24, 2.45) is 5.92 Å². The predicted molar refractivity (Wildman–Crippen MR) is 111 cm³/mol. The first kappa shape index (κ1) is 19.6. The van der Waals surface area contributed by atoms with Gasteiger partial charge in [0.15, 0.2) is 0 Å². The first-order valence-corrected chi connectivity index (χ1v) is 11.7. The molecule has 3 heterocycles. The minimum absolute atomic E-state index is 0.256. The fraction of sp³-hybridized carbons (Fsp3) is 0.684. The maximum Gasteiger partial charge on any atom is 0.214 e. The zero-order valence-corrected chi connectivity index (χ0v) is 17.5. The molecule has 1 aliphatic carbocycles. The Morgan fingerprint density at radius 2 is 1.86 bits per heavy atom. The summed E-state index contributed by atoms with van der Waals surface area (Å²) in [4.78, 5) is 16.3. The Kier molecular flexibility index (Phi) is 5.57. The molecule has 0 spiro atoms. The molecule has 0 radical (unpaired) electrons. The molecule has 1 saturated heterocycles. The van der Waals surface area contributed by atoms with Gasteiger partial charge in [0.25, 0.3) is 0 Å². The minimum Gasteiger partial charge on any atom is -0.356 e. The molecular formula is C19H30N6O2S. The summed E-state index contributed by atoms with van der Waals surface area (Å²) in [5.74, 6) is 1.50. The van der Waals surface area contributed by atoms with Crippen molar-refractivity contribution in [2.45, 2.75) is 31.7 Å². The number of rotatable bonds is 5. The Morgan fingerprint density at radius 3 is 2.57 bits per heavy atom. The van der Waals surface area contributed by atoms with E-state index in [0.717, 1.165) is 55.6 Å². The van der Waals surface area contributed by atoms with Gasteiger partial charge >= 0.3 is 0 Å². The summed E-state index contributed by atoms with van der Waals surface area (Å²) < 4.78 is 27.3. The Bertz CT molecular complexity index is 898. The number of nitrogens with one attached hydrogen (secondary N) is 1. The van der Waals surface area contributed by atoms with Gasteiger partial charge in [-0.3, -0.25) is 0 Å². The summed E-state index contributed by atoms with van der Waals surface area (Å²) in [5, 5.41) is 1.03. The Hall–Kier alpha value is -1.71. The smallest absolute Gasteiger partial charge is 0.214 e. The third-order valence-corrected chi connectivity index (χ3v) is 8.38. The monoisotopic (exact) mass is 406 g/mol. The number of piperazine rings is 1. The highest BCUT2D eigenvalue weighted by Gasteiger charge is 2.32. The molecule has 8 nitrogen and oxygen atoms in total. The van der Waals surface area contributed by atoms with Gasteiger partial charge in [-0.1, -0.05) is 0 Å². The summed E-state index contributed by atoms with van der Waals surface area (Å²) in [7, 11) is 0.977. The van der Waals surface area contributed by atoms with E-state index < -0.39 is 10.0 Å². The van der Waals surface area contributed by atoms with Crippen LogP contribution in [0.15, 0.2) is 18.6 Å². The highest BCUT2D eigenvalue weighted by atomic mass is 32.2. The van der Waals surface area contributed by atoms with E-state index in [1.54, 1.807) is 10.6 Å². The van der Waals surface area contributed by atoms with Crippen molar-refractivity contribution in [3.8, 4) is 0 Å². The number of aromatic nitrogens is 3. The lowest BCUT2D eigenvalue weighted by Gasteiger charge is -2.37. The van der Waals surface area contributed by atoms with Crippen LogP contribution in [0, 0.1) is 5.92 Å². The fourth-order valence-electron chi connectivity index (χ4n) is 4.48. The largest absolute Gasteiger partial charge is 0.356 e. The van der Waals surface area contributed by atoms with E-state index in [0.29, 0.717) is 24.9 Å². The van der Waals surface area contributed by atoms with Gasteiger partial charge in [-0.05, 0) is 44.7 Å². The number of sulfonamides is 1. The van der Waals surface area contributed by atoms with Gasteiger partial charge in [0.05, 0.1) is 11.1 Å². The lowest BCUT2D eigenvalue weighted by atomic mass is 9.86. The normalized spacial score (nSPS) is 25.2. The van der Waals surface area contributed by atoms with Crippen LogP contribution in [0.4, 0.5) is 5.82 Å². The number of aromatic amines is 1. The third kappa shape index (κ3) is 4.01. The number of hydrogen-bond donors (Lipinski definition) is 1. The topological polar surface area (TPSA) is 85.4 Å². The summed E-state index contributed by atoms with van der Waals surface area (Å²) in [6, 6.07) is 2.39. The number of fused-ring (bicyclic) bond motifs is 1. The molecule has 0 amide bonds. The summed E-state index contributed by atoms with van der Waals surface area (Å²) >= 11 is 0. The summed E-state index contributed by atoms with van der Waals surface area (Å²) in [5.41, 5.74) is 0.851. The van der Waals surface area contributed by atoms with Crippen LogP contribution >= 0.6 is 0 Å². The van der Waals surface area contributed by atoms with Crippen molar-refractivity contribution in [3.05, 3.63) is 18.6 Å². The summed E-state index contributed by atoms with van der Waals surface area (Å²) in [6.07, 6.45) is 7.37. The quantitative estimate of drug-likeness (QED) is 0.811. The molecule has 2 fully saturated rings. The van der Waals surface area contributed by atoms with Crippen molar-refractivity contribution >= 4 is 26.9 Å². The molecule has 1 aliphatic heterocycles. The number of anilines is 1. The number of hydrogen-bond acceptors (Lipinski definition) is 6. The van der Waals surface area contributed by atoms with E-state index in [1.807, 2.05) is 19.3 Å². The molecule has 0 unspecified atom stereocenters. The second kappa shape index (κ2) is 7.96. The maximum absolute atomic E-state index is 12.8. The van der Waals surface area contributed by atoms with Crippen molar-refractivity contribution in [3.63, 3.8) is 0 Å². The summed E-state index contributed by atoms with van der Waals surface area (Å²) in [6.45, 7) is 2.89. The van der Waals surface area contributed by atoms with E-state index in [4.69, 9.17) is 0 Å². The SMILES string of the molecule is CN1CCN(S(=O)(=O)CC2CCC(N(C)c3ncnc4[nH]ccc34)CC2)CC1. The standard InChI is InChI=1S/C19H30N6O2S/c1-23-9-11-25(12-10-23)28(26,27)13-15-3-5-16(6-4-15)24(2)19-17-7-8-20-18(17)21-14-22-19/h7-8,14-16H,3-6,9-13H2,1-2H3,(H,20,21,22). The molecule has 0 bridgehead atoms. The van der Waals surface area contributed by atoms with E-state index in [9.17, 15) is 8.42 Å².